The zero-order valence-electron chi connectivity index (χ0n) is 15.2. The number of likely N-dealkylation sites (N-methyl/N-ethyl adjacent to an activating group) is 1. The van der Waals surface area contributed by atoms with Gasteiger partial charge in [0.1, 0.15) is 3.82 Å². The number of benzene rings is 2. The first-order valence-corrected chi connectivity index (χ1v) is 10.1. The van der Waals surface area contributed by atoms with Crippen molar-refractivity contribution in [1.82, 2.24) is 4.90 Å². The molecule has 1 heterocycles. The number of hydrogen-bond acceptors (Lipinski definition) is 6. The van der Waals surface area contributed by atoms with Crippen LogP contribution < -0.4 is 0 Å². The van der Waals surface area contributed by atoms with E-state index in [-0.39, 0.29) is 18.9 Å². The number of Topliss-reactive ketones (excluding diaryl/α,β-unsaturated/α-hetero) is 1. The molecule has 2 aliphatic rings. The van der Waals surface area contributed by atoms with Crippen molar-refractivity contribution in [3.63, 3.8) is 0 Å². The Morgan fingerprint density at radius 1 is 1.04 bits per heavy atom. The summed E-state index contributed by atoms with van der Waals surface area (Å²) in [6.07, 6.45) is 0.846. The van der Waals surface area contributed by atoms with Gasteiger partial charge in [-0.2, -0.15) is 0 Å². The van der Waals surface area contributed by atoms with E-state index in [1.54, 1.807) is 13.1 Å². The lowest BCUT2D eigenvalue weighted by Gasteiger charge is -2.24. The molecule has 0 bridgehead atoms. The average molecular weight is 489 g/mol. The Hall–Kier alpha value is -2.20. The molecule has 2 aromatic carbocycles. The van der Waals surface area contributed by atoms with Gasteiger partial charge in [0.05, 0.1) is 13.1 Å². The van der Waals surface area contributed by atoms with Gasteiger partial charge in [0.2, 0.25) is 0 Å². The molecule has 1 atom stereocenters. The lowest BCUT2D eigenvalue weighted by atomic mass is 9.79. The van der Waals surface area contributed by atoms with E-state index in [1.165, 1.54) is 16.0 Å². The van der Waals surface area contributed by atoms with Gasteiger partial charge in [-0.1, -0.05) is 59.0 Å². The first-order valence-electron chi connectivity index (χ1n) is 8.89. The molecule has 1 aliphatic carbocycles. The summed E-state index contributed by atoms with van der Waals surface area (Å²) in [5.41, 5.74) is 5.08. The van der Waals surface area contributed by atoms with Crippen molar-refractivity contribution in [1.29, 1.82) is 0 Å². The van der Waals surface area contributed by atoms with Crippen molar-refractivity contribution < 1.29 is 23.7 Å². The molecule has 0 saturated carbocycles. The Balaban J connectivity index is 1.58. The molecule has 0 N–H and O–H groups in total. The maximum atomic E-state index is 13.0. The van der Waals surface area contributed by atoms with E-state index < -0.39 is 22.9 Å². The van der Waals surface area contributed by atoms with Crippen LogP contribution in [0.3, 0.4) is 0 Å². The molecular weight excluding hydrogens is 472 g/mol. The smallest absolute Gasteiger partial charge is 0.497 e. The van der Waals surface area contributed by atoms with E-state index in [1.807, 2.05) is 52.9 Å². The van der Waals surface area contributed by atoms with Gasteiger partial charge in [0.15, 0.2) is 5.78 Å². The number of fused-ring (bicyclic) bond motifs is 3. The lowest BCUT2D eigenvalue weighted by molar-refractivity contribution is -0.145. The maximum absolute atomic E-state index is 13.0. The molecule has 1 fully saturated rings. The molecule has 1 saturated heterocycles. The third-order valence-electron chi connectivity index (χ3n) is 4.87. The van der Waals surface area contributed by atoms with Crippen LogP contribution in [0, 0.1) is 0 Å². The van der Waals surface area contributed by atoms with E-state index >= 15 is 0 Å². The van der Waals surface area contributed by atoms with Crippen LogP contribution in [-0.2, 0) is 25.3 Å². The van der Waals surface area contributed by atoms with Crippen molar-refractivity contribution in [2.45, 2.75) is 10.2 Å². The fourth-order valence-corrected chi connectivity index (χ4v) is 4.19. The van der Waals surface area contributed by atoms with Gasteiger partial charge in [0, 0.05) is 5.56 Å². The summed E-state index contributed by atoms with van der Waals surface area (Å²) < 4.78 is 9.64. The highest BCUT2D eigenvalue weighted by Crippen LogP contribution is 2.37. The predicted octanol–water partition coefficient (Wildman–Crippen LogP) is 2.30. The first-order chi connectivity index (χ1) is 13.4. The van der Waals surface area contributed by atoms with Crippen molar-refractivity contribution in [3.8, 4) is 11.1 Å². The van der Waals surface area contributed by atoms with Crippen LogP contribution in [0.2, 0.25) is 0 Å². The molecule has 28 heavy (non-hydrogen) atoms. The Morgan fingerprint density at radius 3 is 2.39 bits per heavy atom. The number of hydrogen-bond donors (Lipinski definition) is 0. The number of nitrogens with zero attached hydrogens (tertiary/aromatic N) is 1. The number of ketones is 1. The quantitative estimate of drug-likeness (QED) is 0.244. The van der Waals surface area contributed by atoms with Gasteiger partial charge in [0.25, 0.3) is 0 Å². The van der Waals surface area contributed by atoms with E-state index in [0.717, 1.165) is 17.5 Å². The summed E-state index contributed by atoms with van der Waals surface area (Å²) in [5.74, 6) is -1.30. The largest absolute Gasteiger partial charge is 0.620 e. The van der Waals surface area contributed by atoms with Crippen LogP contribution in [0.1, 0.15) is 21.5 Å². The zero-order valence-corrected chi connectivity index (χ0v) is 17.3. The summed E-state index contributed by atoms with van der Waals surface area (Å²) >= 11 is 1.88. The van der Waals surface area contributed by atoms with Gasteiger partial charge in [-0.05, 0) is 41.8 Å². The molecule has 1 aliphatic heterocycles. The number of carbonyl (C=O) groups is 3. The molecule has 0 radical (unpaired) electrons. The summed E-state index contributed by atoms with van der Waals surface area (Å²) in [4.78, 5) is 38.4. The molecule has 0 spiro atoms. The fraction of sp³-hybridized carbons (Fsp3) is 0.250. The SMILES string of the molecule is CN1CC(=O)OB([C@@H](I)C(=O)c2ccc3c(c2)-c2ccccc2C3)OC(=O)C1. The second-order valence-corrected chi connectivity index (χ2v) is 8.33. The molecule has 6 nitrogen and oxygen atoms in total. The highest BCUT2D eigenvalue weighted by molar-refractivity contribution is 14.1. The van der Waals surface area contributed by atoms with E-state index in [4.69, 9.17) is 9.31 Å². The molecule has 0 aromatic heterocycles. The van der Waals surface area contributed by atoms with Gasteiger partial charge in [-0.3, -0.25) is 19.3 Å². The predicted molar refractivity (Wildman–Crippen MR) is 112 cm³/mol. The minimum atomic E-state index is -1.23. The van der Waals surface area contributed by atoms with Gasteiger partial charge >= 0.3 is 19.1 Å². The average Bonchev–Trinajstić information content (AvgIpc) is 3.02. The molecule has 2 aromatic rings. The molecule has 142 valence electrons. The van der Waals surface area contributed by atoms with E-state index in [0.29, 0.717) is 5.56 Å². The molecule has 4 rings (SSSR count). The van der Waals surface area contributed by atoms with Crippen molar-refractivity contribution in [2.24, 2.45) is 0 Å². The maximum Gasteiger partial charge on any atom is 0.620 e. The summed E-state index contributed by atoms with van der Waals surface area (Å²) in [6.45, 7) is -0.0580. The molecule has 8 heteroatoms. The van der Waals surface area contributed by atoms with Crippen molar-refractivity contribution in [3.05, 3.63) is 59.2 Å². The third kappa shape index (κ3) is 3.71. The van der Waals surface area contributed by atoms with Crippen LogP contribution >= 0.6 is 22.6 Å². The molecule has 0 unspecified atom stereocenters. The van der Waals surface area contributed by atoms with Crippen LogP contribution in [0.5, 0.6) is 0 Å². The van der Waals surface area contributed by atoms with E-state index in [2.05, 4.69) is 6.07 Å². The van der Waals surface area contributed by atoms with Crippen LogP contribution in [0.25, 0.3) is 11.1 Å². The Bertz CT molecular complexity index is 959. The summed E-state index contributed by atoms with van der Waals surface area (Å²) in [5, 5.41) is 0. The van der Waals surface area contributed by atoms with E-state index in [9.17, 15) is 14.4 Å². The standard InChI is InChI=1S/C20H17BINO5/c1-23-10-17(24)27-21(28-18(25)11-23)20(22)19(26)14-7-6-13-8-12-4-2-3-5-15(12)16(13)9-14/h2-7,9,20H,8,10-11H2,1H3/t20-/m0/s1. The monoisotopic (exact) mass is 489 g/mol. The van der Waals surface area contributed by atoms with Gasteiger partial charge < -0.3 is 9.31 Å². The van der Waals surface area contributed by atoms with Crippen LogP contribution in [0.4, 0.5) is 0 Å². The Morgan fingerprint density at radius 2 is 1.68 bits per heavy atom. The second kappa shape index (κ2) is 7.67. The topological polar surface area (TPSA) is 72.9 Å². The Labute approximate surface area is 176 Å². The zero-order chi connectivity index (χ0) is 19.8. The van der Waals surface area contributed by atoms with Crippen molar-refractivity contribution >= 4 is 47.4 Å². The minimum absolute atomic E-state index is 0.0290. The summed E-state index contributed by atoms with van der Waals surface area (Å²) in [6, 6.07) is 13.7. The van der Waals surface area contributed by atoms with Crippen molar-refractivity contribution in [2.75, 3.05) is 20.1 Å². The number of halogens is 1. The number of alkyl halides is 1. The molecular formula is C20H17BINO5. The lowest BCUT2D eigenvalue weighted by Crippen LogP contribution is -2.48. The number of carbonyl (C=O) groups excluding carboxylic acids is 3. The molecule has 0 amide bonds. The fourth-order valence-electron chi connectivity index (χ4n) is 3.53. The van der Waals surface area contributed by atoms with Gasteiger partial charge in [-0.15, -0.1) is 0 Å². The summed E-state index contributed by atoms with van der Waals surface area (Å²) in [7, 11) is 0.389. The normalized spacial score (nSPS) is 17.7. The highest BCUT2D eigenvalue weighted by atomic mass is 127. The second-order valence-electron chi connectivity index (χ2n) is 6.99. The first kappa shape index (κ1) is 19.1. The minimum Gasteiger partial charge on any atom is -0.497 e. The third-order valence-corrected chi connectivity index (χ3v) is 6.02. The number of rotatable bonds is 3. The Kier molecular flexibility index (Phi) is 5.24. The van der Waals surface area contributed by atoms with Crippen LogP contribution in [0.15, 0.2) is 42.5 Å². The van der Waals surface area contributed by atoms with Crippen LogP contribution in [-0.4, -0.2) is 53.7 Å². The van der Waals surface area contributed by atoms with Gasteiger partial charge in [-0.25, -0.2) is 0 Å². The highest BCUT2D eigenvalue weighted by Gasteiger charge is 2.42.